The number of fused-ring (bicyclic) bond motifs is 1. The van der Waals surface area contributed by atoms with Crippen LogP contribution in [0.1, 0.15) is 44.7 Å². The number of hydrogen-bond acceptors (Lipinski definition) is 6. The second kappa shape index (κ2) is 8.97. The Hall–Kier alpha value is -2.74. The number of benzene rings is 1. The summed E-state index contributed by atoms with van der Waals surface area (Å²) >= 11 is 1.57. The number of aryl methyl sites for hydroxylation is 1. The van der Waals surface area contributed by atoms with Crippen molar-refractivity contribution in [3.63, 3.8) is 0 Å². The monoisotopic (exact) mass is 400 g/mol. The van der Waals surface area contributed by atoms with Crippen molar-refractivity contribution in [3.05, 3.63) is 41.5 Å². The number of hydrogen-bond donors (Lipinski definition) is 1. The van der Waals surface area contributed by atoms with Gasteiger partial charge in [-0.05, 0) is 32.4 Å². The van der Waals surface area contributed by atoms with Gasteiger partial charge in [-0.2, -0.15) is 5.10 Å². The third-order valence-electron chi connectivity index (χ3n) is 4.49. The summed E-state index contributed by atoms with van der Waals surface area (Å²) in [5.41, 5.74) is 0.932. The highest BCUT2D eigenvalue weighted by atomic mass is 32.1. The normalized spacial score (nSPS) is 13.2. The Kier molecular flexibility index (Phi) is 6.41. The van der Waals surface area contributed by atoms with Crippen molar-refractivity contribution >= 4 is 39.2 Å². The molecule has 28 heavy (non-hydrogen) atoms. The lowest BCUT2D eigenvalue weighted by atomic mass is 10.3. The SMILES string of the molecule is CC[C@@H](C)n1nccc1NC(=O)[C@@H](C)OC(=O)CCc1nc2ccccc2s1. The van der Waals surface area contributed by atoms with Gasteiger partial charge in [0.25, 0.3) is 5.91 Å². The zero-order chi connectivity index (χ0) is 20.1. The van der Waals surface area contributed by atoms with Crippen molar-refractivity contribution in [1.82, 2.24) is 14.8 Å². The highest BCUT2D eigenvalue weighted by Crippen LogP contribution is 2.22. The van der Waals surface area contributed by atoms with E-state index in [0.717, 1.165) is 21.6 Å². The van der Waals surface area contributed by atoms with Crippen LogP contribution >= 0.6 is 11.3 Å². The molecule has 148 valence electrons. The lowest BCUT2D eigenvalue weighted by Gasteiger charge is -2.16. The molecule has 2 heterocycles. The van der Waals surface area contributed by atoms with Crippen LogP contribution in [0, 0.1) is 0 Å². The largest absolute Gasteiger partial charge is 0.453 e. The predicted octanol–water partition coefficient (Wildman–Crippen LogP) is 3.97. The van der Waals surface area contributed by atoms with Crippen molar-refractivity contribution in [2.24, 2.45) is 0 Å². The van der Waals surface area contributed by atoms with Gasteiger partial charge in [-0.1, -0.05) is 19.1 Å². The number of thiazole rings is 1. The van der Waals surface area contributed by atoms with E-state index in [0.29, 0.717) is 12.2 Å². The van der Waals surface area contributed by atoms with Crippen LogP contribution in [0.4, 0.5) is 5.82 Å². The summed E-state index contributed by atoms with van der Waals surface area (Å²) in [6, 6.07) is 9.75. The zero-order valence-electron chi connectivity index (χ0n) is 16.2. The van der Waals surface area contributed by atoms with E-state index in [1.807, 2.05) is 38.1 Å². The zero-order valence-corrected chi connectivity index (χ0v) is 17.0. The number of anilines is 1. The van der Waals surface area contributed by atoms with Crippen LogP contribution in [0.3, 0.4) is 0 Å². The summed E-state index contributed by atoms with van der Waals surface area (Å²) in [7, 11) is 0. The Morgan fingerprint density at radius 1 is 1.25 bits per heavy atom. The minimum Gasteiger partial charge on any atom is -0.453 e. The number of aromatic nitrogens is 3. The minimum atomic E-state index is -0.886. The molecular formula is C20H24N4O3S. The first-order valence-electron chi connectivity index (χ1n) is 9.36. The van der Waals surface area contributed by atoms with Gasteiger partial charge in [-0.3, -0.25) is 9.59 Å². The number of ether oxygens (including phenoxy) is 1. The molecule has 1 amide bonds. The summed E-state index contributed by atoms with van der Waals surface area (Å²) < 4.78 is 8.12. The van der Waals surface area contributed by atoms with Crippen LogP contribution in [-0.4, -0.2) is 32.7 Å². The topological polar surface area (TPSA) is 86.1 Å². The molecule has 8 heteroatoms. The lowest BCUT2D eigenvalue weighted by molar-refractivity contribution is -0.153. The molecule has 2 atom stereocenters. The fourth-order valence-corrected chi connectivity index (χ4v) is 3.68. The minimum absolute atomic E-state index is 0.164. The second-order valence-corrected chi connectivity index (χ2v) is 7.73. The van der Waals surface area contributed by atoms with Gasteiger partial charge in [0.15, 0.2) is 6.10 Å². The van der Waals surface area contributed by atoms with Crippen molar-refractivity contribution in [1.29, 1.82) is 0 Å². The number of nitrogens with zero attached hydrogens (tertiary/aromatic N) is 3. The summed E-state index contributed by atoms with van der Waals surface area (Å²) in [5, 5.41) is 7.89. The van der Waals surface area contributed by atoms with Gasteiger partial charge in [0.1, 0.15) is 5.82 Å². The summed E-state index contributed by atoms with van der Waals surface area (Å²) in [5.74, 6) is -0.201. The molecule has 0 fully saturated rings. The maximum absolute atomic E-state index is 12.4. The molecular weight excluding hydrogens is 376 g/mol. The van der Waals surface area contributed by atoms with Crippen LogP contribution < -0.4 is 5.32 Å². The number of amides is 1. The van der Waals surface area contributed by atoms with Crippen LogP contribution in [0.15, 0.2) is 36.5 Å². The summed E-state index contributed by atoms with van der Waals surface area (Å²) in [4.78, 5) is 29.0. The van der Waals surface area contributed by atoms with Crippen LogP contribution in [0.2, 0.25) is 0 Å². The molecule has 2 aromatic heterocycles. The Morgan fingerprint density at radius 2 is 2.04 bits per heavy atom. The van der Waals surface area contributed by atoms with E-state index in [4.69, 9.17) is 4.74 Å². The standard InChI is InChI=1S/C20H24N4O3S/c1-4-13(2)24-17(11-12-21-24)23-20(26)14(3)27-19(25)10-9-18-22-15-7-5-6-8-16(15)28-18/h5-8,11-14H,4,9-10H2,1-3H3,(H,23,26)/t13-,14-/m1/s1. The molecule has 0 aliphatic carbocycles. The van der Waals surface area contributed by atoms with Gasteiger partial charge < -0.3 is 10.1 Å². The Bertz CT molecular complexity index is 932. The number of para-hydroxylation sites is 1. The maximum atomic E-state index is 12.4. The number of carbonyl (C=O) groups excluding carboxylic acids is 2. The molecule has 0 bridgehead atoms. The first-order chi connectivity index (χ1) is 13.5. The van der Waals surface area contributed by atoms with Gasteiger partial charge in [0.2, 0.25) is 0 Å². The Balaban J connectivity index is 1.50. The van der Waals surface area contributed by atoms with Crippen molar-refractivity contribution in [2.75, 3.05) is 5.32 Å². The van der Waals surface area contributed by atoms with Crippen molar-refractivity contribution in [2.45, 2.75) is 52.2 Å². The average Bonchev–Trinajstić information content (AvgIpc) is 3.32. The van der Waals surface area contributed by atoms with E-state index < -0.39 is 12.1 Å². The van der Waals surface area contributed by atoms with Gasteiger partial charge in [-0.25, -0.2) is 9.67 Å². The summed E-state index contributed by atoms with van der Waals surface area (Å²) in [6.45, 7) is 5.64. The molecule has 0 radical (unpaired) electrons. The van der Waals surface area contributed by atoms with Crippen LogP contribution in [0.25, 0.3) is 10.2 Å². The smallest absolute Gasteiger partial charge is 0.306 e. The second-order valence-electron chi connectivity index (χ2n) is 6.61. The van der Waals surface area contributed by atoms with Crippen LogP contribution in [0.5, 0.6) is 0 Å². The number of carbonyl (C=O) groups is 2. The molecule has 1 aromatic carbocycles. The van der Waals surface area contributed by atoms with Crippen molar-refractivity contribution in [3.8, 4) is 0 Å². The summed E-state index contributed by atoms with van der Waals surface area (Å²) in [6.07, 6.45) is 2.32. The van der Waals surface area contributed by atoms with E-state index in [1.54, 1.807) is 35.2 Å². The molecule has 0 saturated heterocycles. The molecule has 0 saturated carbocycles. The van der Waals surface area contributed by atoms with E-state index >= 15 is 0 Å². The van der Waals surface area contributed by atoms with E-state index in [2.05, 4.69) is 15.4 Å². The highest BCUT2D eigenvalue weighted by molar-refractivity contribution is 7.18. The van der Waals surface area contributed by atoms with Gasteiger partial charge in [0, 0.05) is 12.5 Å². The maximum Gasteiger partial charge on any atom is 0.306 e. The Labute approximate surface area is 167 Å². The van der Waals surface area contributed by atoms with Crippen LogP contribution in [-0.2, 0) is 20.7 Å². The van der Waals surface area contributed by atoms with E-state index in [-0.39, 0.29) is 18.4 Å². The fourth-order valence-electron chi connectivity index (χ4n) is 2.71. The lowest BCUT2D eigenvalue weighted by Crippen LogP contribution is -2.31. The molecule has 0 aliphatic heterocycles. The molecule has 0 aliphatic rings. The van der Waals surface area contributed by atoms with Crippen molar-refractivity contribution < 1.29 is 14.3 Å². The van der Waals surface area contributed by atoms with E-state index in [1.165, 1.54) is 0 Å². The third kappa shape index (κ3) is 4.75. The first kappa shape index (κ1) is 20.0. The molecule has 0 spiro atoms. The average molecular weight is 401 g/mol. The van der Waals surface area contributed by atoms with E-state index in [9.17, 15) is 9.59 Å². The predicted molar refractivity (Wildman–Crippen MR) is 109 cm³/mol. The number of esters is 1. The molecule has 1 N–H and O–H groups in total. The molecule has 7 nitrogen and oxygen atoms in total. The molecule has 3 rings (SSSR count). The Morgan fingerprint density at radius 3 is 2.79 bits per heavy atom. The van der Waals surface area contributed by atoms with Gasteiger partial charge in [0.05, 0.1) is 33.9 Å². The quantitative estimate of drug-likeness (QED) is 0.578. The molecule has 3 aromatic rings. The van der Waals surface area contributed by atoms with Gasteiger partial charge >= 0.3 is 5.97 Å². The molecule has 0 unspecified atom stereocenters. The third-order valence-corrected chi connectivity index (χ3v) is 5.58. The number of nitrogens with one attached hydrogen (secondary N) is 1. The highest BCUT2D eigenvalue weighted by Gasteiger charge is 2.20. The number of rotatable bonds is 8. The first-order valence-corrected chi connectivity index (χ1v) is 10.2. The van der Waals surface area contributed by atoms with Gasteiger partial charge in [-0.15, -0.1) is 11.3 Å². The fraction of sp³-hybridized carbons (Fsp3) is 0.400.